The standard InChI is InChI=1S/C22H28N4O4S/c1-13-5-7-16(8-6-13)26-10-9-25(11-14(26)2)12-17(27)24-21-18(22(29)30-4)15(3)19(31-21)20(23)28/h5-8,14H,9-12H2,1-4H3,(H2,23,28)(H,24,27)/t14-/m1/s1. The Kier molecular flexibility index (Phi) is 6.97. The second-order valence-corrected chi connectivity index (χ2v) is 8.80. The van der Waals surface area contributed by atoms with Crippen molar-refractivity contribution >= 4 is 39.8 Å². The summed E-state index contributed by atoms with van der Waals surface area (Å²) in [5, 5.41) is 3.06. The SMILES string of the molecule is COC(=O)c1c(NC(=O)CN2CCN(c3ccc(C)cc3)[C@H](C)C2)sc(C(N)=O)c1C. The normalized spacial score (nSPS) is 16.8. The Balaban J connectivity index is 1.65. The number of carbonyl (C=O) groups is 3. The molecule has 3 N–H and O–H groups in total. The summed E-state index contributed by atoms with van der Waals surface area (Å²) in [5.74, 6) is -1.51. The fourth-order valence-corrected chi connectivity index (χ4v) is 4.91. The highest BCUT2D eigenvalue weighted by atomic mass is 32.1. The first-order valence-electron chi connectivity index (χ1n) is 10.1. The smallest absolute Gasteiger partial charge is 0.341 e. The summed E-state index contributed by atoms with van der Waals surface area (Å²) in [6.07, 6.45) is 0. The molecule has 1 aromatic carbocycles. The minimum atomic E-state index is -0.644. The number of hydrogen-bond donors (Lipinski definition) is 2. The van der Waals surface area contributed by atoms with Crippen LogP contribution < -0.4 is 16.0 Å². The number of nitrogens with one attached hydrogen (secondary N) is 1. The van der Waals surface area contributed by atoms with E-state index in [1.165, 1.54) is 18.4 Å². The minimum absolute atomic E-state index is 0.173. The van der Waals surface area contributed by atoms with E-state index in [0.717, 1.165) is 31.0 Å². The predicted molar refractivity (Wildman–Crippen MR) is 122 cm³/mol. The third-order valence-electron chi connectivity index (χ3n) is 5.46. The monoisotopic (exact) mass is 444 g/mol. The van der Waals surface area contributed by atoms with Crippen LogP contribution in [0.2, 0.25) is 0 Å². The topological polar surface area (TPSA) is 105 Å². The number of hydrogen-bond acceptors (Lipinski definition) is 7. The molecule has 2 aromatic rings. The zero-order valence-electron chi connectivity index (χ0n) is 18.2. The third kappa shape index (κ3) is 5.05. The summed E-state index contributed by atoms with van der Waals surface area (Å²) in [7, 11) is 1.25. The molecule has 3 rings (SSSR count). The number of nitrogens with zero attached hydrogens (tertiary/aromatic N) is 2. The summed E-state index contributed by atoms with van der Waals surface area (Å²) in [6.45, 7) is 8.30. The van der Waals surface area contributed by atoms with Gasteiger partial charge in [0.2, 0.25) is 5.91 Å². The van der Waals surface area contributed by atoms with Gasteiger partial charge in [-0.25, -0.2) is 4.79 Å². The number of rotatable bonds is 6. The van der Waals surface area contributed by atoms with Gasteiger partial charge in [-0.05, 0) is 38.5 Å². The van der Waals surface area contributed by atoms with Crippen molar-refractivity contribution in [3.05, 3.63) is 45.8 Å². The fraction of sp³-hybridized carbons (Fsp3) is 0.409. The number of anilines is 2. The predicted octanol–water partition coefficient (Wildman–Crippen LogP) is 2.40. The maximum Gasteiger partial charge on any atom is 0.341 e. The number of esters is 1. The zero-order chi connectivity index (χ0) is 22.7. The lowest BCUT2D eigenvalue weighted by molar-refractivity contribution is -0.117. The number of benzene rings is 1. The van der Waals surface area contributed by atoms with Gasteiger partial charge < -0.3 is 20.7 Å². The van der Waals surface area contributed by atoms with Crippen LogP contribution in [0, 0.1) is 13.8 Å². The lowest BCUT2D eigenvalue weighted by Crippen LogP contribution is -2.53. The molecule has 0 saturated carbocycles. The first kappa shape index (κ1) is 22.8. The van der Waals surface area contributed by atoms with E-state index >= 15 is 0 Å². The van der Waals surface area contributed by atoms with Crippen molar-refractivity contribution in [3.8, 4) is 0 Å². The van der Waals surface area contributed by atoms with Crippen LogP contribution in [0.15, 0.2) is 24.3 Å². The summed E-state index contributed by atoms with van der Waals surface area (Å²) in [4.78, 5) is 41.2. The van der Waals surface area contributed by atoms with Crippen LogP contribution in [0.25, 0.3) is 0 Å². The van der Waals surface area contributed by atoms with E-state index in [1.807, 2.05) is 0 Å². The van der Waals surface area contributed by atoms with Crippen LogP contribution in [0.1, 0.15) is 38.1 Å². The first-order valence-corrected chi connectivity index (χ1v) is 10.9. The molecule has 2 amide bonds. The van der Waals surface area contributed by atoms with Crippen LogP contribution in [0.5, 0.6) is 0 Å². The summed E-state index contributed by atoms with van der Waals surface area (Å²) < 4.78 is 4.81. The highest BCUT2D eigenvalue weighted by Crippen LogP contribution is 2.33. The molecule has 31 heavy (non-hydrogen) atoms. The molecule has 0 aliphatic carbocycles. The van der Waals surface area contributed by atoms with Crippen molar-refractivity contribution in [2.24, 2.45) is 5.73 Å². The van der Waals surface area contributed by atoms with Gasteiger partial charge in [-0.2, -0.15) is 0 Å². The van der Waals surface area contributed by atoms with Gasteiger partial charge in [0, 0.05) is 31.4 Å². The summed E-state index contributed by atoms with van der Waals surface area (Å²) in [6, 6.07) is 8.70. The molecule has 1 aliphatic heterocycles. The summed E-state index contributed by atoms with van der Waals surface area (Å²) in [5.41, 5.74) is 8.39. The van der Waals surface area contributed by atoms with Crippen LogP contribution in [-0.2, 0) is 9.53 Å². The van der Waals surface area contributed by atoms with Crippen molar-refractivity contribution in [2.75, 3.05) is 43.5 Å². The highest BCUT2D eigenvalue weighted by Gasteiger charge is 2.28. The molecule has 9 heteroatoms. The van der Waals surface area contributed by atoms with Gasteiger partial charge in [-0.1, -0.05) is 17.7 Å². The Morgan fingerprint density at radius 2 is 1.87 bits per heavy atom. The van der Waals surface area contributed by atoms with Gasteiger partial charge in [0.1, 0.15) is 5.00 Å². The van der Waals surface area contributed by atoms with E-state index in [1.54, 1.807) is 6.92 Å². The Morgan fingerprint density at radius 1 is 1.19 bits per heavy atom. The van der Waals surface area contributed by atoms with Gasteiger partial charge in [-0.15, -0.1) is 11.3 Å². The number of aryl methyl sites for hydroxylation is 1. The zero-order valence-corrected chi connectivity index (χ0v) is 19.0. The fourth-order valence-electron chi connectivity index (χ4n) is 3.85. The Morgan fingerprint density at radius 3 is 2.45 bits per heavy atom. The molecule has 1 aromatic heterocycles. The van der Waals surface area contributed by atoms with Crippen LogP contribution >= 0.6 is 11.3 Å². The maximum absolute atomic E-state index is 12.7. The van der Waals surface area contributed by atoms with Gasteiger partial charge in [0.25, 0.3) is 5.91 Å². The van der Waals surface area contributed by atoms with Crippen LogP contribution in [-0.4, -0.2) is 62.0 Å². The van der Waals surface area contributed by atoms with Crippen LogP contribution in [0.4, 0.5) is 10.7 Å². The number of nitrogens with two attached hydrogens (primary N) is 1. The second kappa shape index (κ2) is 9.49. The molecule has 0 spiro atoms. The van der Waals surface area contributed by atoms with Crippen molar-refractivity contribution in [3.63, 3.8) is 0 Å². The molecule has 8 nitrogen and oxygen atoms in total. The molecule has 0 unspecified atom stereocenters. The number of piperazine rings is 1. The highest BCUT2D eigenvalue weighted by molar-refractivity contribution is 7.18. The average molecular weight is 445 g/mol. The number of primary amides is 1. The van der Waals surface area contributed by atoms with Crippen molar-refractivity contribution < 1.29 is 19.1 Å². The molecule has 1 aliphatic rings. The number of amides is 2. The number of methoxy groups -OCH3 is 1. The molecule has 0 bridgehead atoms. The first-order chi connectivity index (χ1) is 14.7. The van der Waals surface area contributed by atoms with E-state index < -0.39 is 11.9 Å². The van der Waals surface area contributed by atoms with E-state index in [9.17, 15) is 14.4 Å². The largest absolute Gasteiger partial charge is 0.465 e. The van der Waals surface area contributed by atoms with E-state index in [4.69, 9.17) is 10.5 Å². The van der Waals surface area contributed by atoms with Crippen molar-refractivity contribution in [1.29, 1.82) is 0 Å². The average Bonchev–Trinajstić information content (AvgIpc) is 3.04. The summed E-state index contributed by atoms with van der Waals surface area (Å²) >= 11 is 0.994. The van der Waals surface area contributed by atoms with E-state index in [2.05, 4.69) is 53.2 Å². The molecule has 2 heterocycles. The molecule has 0 radical (unpaired) electrons. The van der Waals surface area contributed by atoms with Crippen LogP contribution in [0.3, 0.4) is 0 Å². The number of ether oxygens (including phenoxy) is 1. The van der Waals surface area contributed by atoms with Crippen molar-refractivity contribution in [2.45, 2.75) is 26.8 Å². The lowest BCUT2D eigenvalue weighted by atomic mass is 10.1. The Labute approximate surface area is 186 Å². The van der Waals surface area contributed by atoms with E-state index in [0.29, 0.717) is 5.56 Å². The molecule has 1 fully saturated rings. The molecule has 1 atom stereocenters. The van der Waals surface area contributed by atoms with Gasteiger partial charge in [0.15, 0.2) is 0 Å². The van der Waals surface area contributed by atoms with E-state index in [-0.39, 0.29) is 33.9 Å². The molecule has 1 saturated heterocycles. The molecular formula is C22H28N4O4S. The lowest BCUT2D eigenvalue weighted by Gasteiger charge is -2.41. The van der Waals surface area contributed by atoms with Gasteiger partial charge >= 0.3 is 5.97 Å². The third-order valence-corrected chi connectivity index (χ3v) is 6.68. The number of carbonyl (C=O) groups excluding carboxylic acids is 3. The Bertz CT molecular complexity index is 986. The number of thiophene rings is 1. The minimum Gasteiger partial charge on any atom is -0.465 e. The van der Waals surface area contributed by atoms with Gasteiger partial charge in [0.05, 0.1) is 24.1 Å². The maximum atomic E-state index is 12.7. The molecule has 166 valence electrons. The second-order valence-electron chi connectivity index (χ2n) is 7.78. The quantitative estimate of drug-likeness (QED) is 0.663. The molecular weight excluding hydrogens is 416 g/mol. The van der Waals surface area contributed by atoms with Gasteiger partial charge in [-0.3, -0.25) is 14.5 Å². The Hall–Kier alpha value is -2.91. The van der Waals surface area contributed by atoms with Crippen molar-refractivity contribution in [1.82, 2.24) is 4.90 Å².